The van der Waals surface area contributed by atoms with Gasteiger partial charge in [-0.1, -0.05) is 0 Å². The summed E-state index contributed by atoms with van der Waals surface area (Å²) in [7, 11) is 2.19. The van der Waals surface area contributed by atoms with E-state index in [0.717, 1.165) is 25.2 Å². The minimum absolute atomic E-state index is 0.695. The number of likely N-dealkylation sites (tertiary alicyclic amines) is 1. The van der Waals surface area contributed by atoms with Gasteiger partial charge in [0.1, 0.15) is 0 Å². The lowest BCUT2D eigenvalue weighted by Crippen LogP contribution is -2.32. The molecule has 4 heteroatoms. The Morgan fingerprint density at radius 1 is 1.47 bits per heavy atom. The van der Waals surface area contributed by atoms with Gasteiger partial charge in [-0.05, 0) is 52.9 Å². The molecule has 0 amide bonds. The van der Waals surface area contributed by atoms with Crippen LogP contribution in [0.25, 0.3) is 0 Å². The van der Waals surface area contributed by atoms with E-state index in [-0.39, 0.29) is 0 Å². The Labute approximate surface area is 104 Å². The molecule has 17 heavy (non-hydrogen) atoms. The van der Waals surface area contributed by atoms with Crippen LogP contribution in [0.4, 0.5) is 0 Å². The third-order valence-corrected chi connectivity index (χ3v) is 3.47. The number of hydrogen-bond acceptors (Lipinski definition) is 3. The first-order chi connectivity index (χ1) is 8.15. The van der Waals surface area contributed by atoms with Gasteiger partial charge in [0, 0.05) is 24.8 Å². The van der Waals surface area contributed by atoms with Gasteiger partial charge in [-0.25, -0.2) is 0 Å². The van der Waals surface area contributed by atoms with Gasteiger partial charge in [-0.3, -0.25) is 4.68 Å². The molecule has 0 aromatic carbocycles. The van der Waals surface area contributed by atoms with Crippen molar-refractivity contribution in [2.45, 2.75) is 39.3 Å². The van der Waals surface area contributed by atoms with Crippen LogP contribution in [0.3, 0.4) is 0 Å². The molecule has 0 radical (unpaired) electrons. The normalized spacial score (nSPS) is 21.2. The molecule has 2 rings (SSSR count). The van der Waals surface area contributed by atoms with Crippen LogP contribution in [0.2, 0.25) is 0 Å². The van der Waals surface area contributed by atoms with Crippen molar-refractivity contribution in [3.8, 4) is 0 Å². The van der Waals surface area contributed by atoms with Crippen molar-refractivity contribution in [3.63, 3.8) is 0 Å². The summed E-state index contributed by atoms with van der Waals surface area (Å²) in [5.41, 5.74) is 2.39. The summed E-state index contributed by atoms with van der Waals surface area (Å²) in [6.45, 7) is 8.72. The van der Waals surface area contributed by atoms with Crippen LogP contribution < -0.4 is 5.32 Å². The number of aryl methyl sites for hydroxylation is 3. The van der Waals surface area contributed by atoms with Crippen molar-refractivity contribution in [2.24, 2.45) is 0 Å². The lowest BCUT2D eigenvalue weighted by Gasteiger charge is -2.12. The molecular weight excluding hydrogens is 212 g/mol. The Bertz CT molecular complexity index is 358. The molecule has 0 saturated carbocycles. The number of likely N-dealkylation sites (N-methyl/N-ethyl adjacent to an activating group) is 1. The van der Waals surface area contributed by atoms with E-state index in [2.05, 4.69) is 47.0 Å². The minimum Gasteiger partial charge on any atom is -0.313 e. The highest BCUT2D eigenvalue weighted by molar-refractivity contribution is 5.06. The molecule has 1 aromatic rings. The van der Waals surface area contributed by atoms with E-state index in [1.165, 1.54) is 25.2 Å². The van der Waals surface area contributed by atoms with Gasteiger partial charge < -0.3 is 10.2 Å². The van der Waals surface area contributed by atoms with Gasteiger partial charge in [-0.15, -0.1) is 0 Å². The van der Waals surface area contributed by atoms with Gasteiger partial charge in [0.2, 0.25) is 0 Å². The first-order valence-electron chi connectivity index (χ1n) is 6.58. The first-order valence-corrected chi connectivity index (χ1v) is 6.58. The topological polar surface area (TPSA) is 33.1 Å². The van der Waals surface area contributed by atoms with E-state index in [1.54, 1.807) is 0 Å². The van der Waals surface area contributed by atoms with Gasteiger partial charge in [0.05, 0.1) is 5.69 Å². The second kappa shape index (κ2) is 5.65. The maximum atomic E-state index is 4.47. The lowest BCUT2D eigenvalue weighted by molar-refractivity contribution is 0.395. The van der Waals surface area contributed by atoms with Crippen molar-refractivity contribution in [2.75, 3.05) is 26.7 Å². The standard InChI is InChI=1S/C13H24N4/c1-11-9-12(2)17(15-11)7-4-6-14-13-5-8-16(3)10-13/h9,13-14H,4-8,10H2,1-3H3. The Hall–Kier alpha value is -0.870. The Morgan fingerprint density at radius 3 is 2.88 bits per heavy atom. The Morgan fingerprint density at radius 2 is 2.29 bits per heavy atom. The molecule has 1 N–H and O–H groups in total. The monoisotopic (exact) mass is 236 g/mol. The highest BCUT2D eigenvalue weighted by Crippen LogP contribution is 2.06. The summed E-state index contributed by atoms with van der Waals surface area (Å²) in [6, 6.07) is 2.83. The summed E-state index contributed by atoms with van der Waals surface area (Å²) in [4.78, 5) is 2.39. The molecule has 1 atom stereocenters. The summed E-state index contributed by atoms with van der Waals surface area (Å²) in [5.74, 6) is 0. The average Bonchev–Trinajstić information content (AvgIpc) is 2.81. The third-order valence-electron chi connectivity index (χ3n) is 3.47. The molecule has 0 bridgehead atoms. The predicted molar refractivity (Wildman–Crippen MR) is 70.2 cm³/mol. The molecule has 0 spiro atoms. The second-order valence-electron chi connectivity index (χ2n) is 5.21. The molecule has 1 aliphatic heterocycles. The van der Waals surface area contributed by atoms with Gasteiger partial charge in [0.15, 0.2) is 0 Å². The van der Waals surface area contributed by atoms with Crippen molar-refractivity contribution in [1.29, 1.82) is 0 Å². The summed E-state index contributed by atoms with van der Waals surface area (Å²) in [6.07, 6.45) is 2.44. The highest BCUT2D eigenvalue weighted by Gasteiger charge is 2.17. The van der Waals surface area contributed by atoms with Crippen molar-refractivity contribution in [3.05, 3.63) is 17.5 Å². The number of nitrogens with one attached hydrogen (secondary N) is 1. The van der Waals surface area contributed by atoms with Crippen LogP contribution in [0.1, 0.15) is 24.2 Å². The number of nitrogens with zero attached hydrogens (tertiary/aromatic N) is 3. The van der Waals surface area contributed by atoms with Crippen molar-refractivity contribution < 1.29 is 0 Å². The molecule has 1 aliphatic rings. The second-order valence-corrected chi connectivity index (χ2v) is 5.21. The van der Waals surface area contributed by atoms with E-state index >= 15 is 0 Å². The van der Waals surface area contributed by atoms with Crippen LogP contribution in [0.15, 0.2) is 6.07 Å². The summed E-state index contributed by atoms with van der Waals surface area (Å²) < 4.78 is 2.11. The zero-order valence-electron chi connectivity index (χ0n) is 11.2. The highest BCUT2D eigenvalue weighted by atomic mass is 15.3. The van der Waals surface area contributed by atoms with E-state index in [4.69, 9.17) is 0 Å². The molecule has 1 fully saturated rings. The fourth-order valence-corrected chi connectivity index (χ4v) is 2.54. The zero-order chi connectivity index (χ0) is 12.3. The molecular formula is C13H24N4. The lowest BCUT2D eigenvalue weighted by atomic mass is 10.2. The fourth-order valence-electron chi connectivity index (χ4n) is 2.54. The average molecular weight is 236 g/mol. The molecule has 1 saturated heterocycles. The van der Waals surface area contributed by atoms with Gasteiger partial charge >= 0.3 is 0 Å². The van der Waals surface area contributed by atoms with Crippen molar-refractivity contribution >= 4 is 0 Å². The zero-order valence-corrected chi connectivity index (χ0v) is 11.2. The molecule has 1 aromatic heterocycles. The number of rotatable bonds is 5. The molecule has 0 aliphatic carbocycles. The van der Waals surface area contributed by atoms with Crippen LogP contribution in [-0.2, 0) is 6.54 Å². The SMILES string of the molecule is Cc1cc(C)n(CCCNC2CCN(C)C2)n1. The van der Waals surface area contributed by atoms with E-state index < -0.39 is 0 Å². The van der Waals surface area contributed by atoms with Gasteiger partial charge in [0.25, 0.3) is 0 Å². The fraction of sp³-hybridized carbons (Fsp3) is 0.769. The quantitative estimate of drug-likeness (QED) is 0.780. The Balaban J connectivity index is 1.65. The largest absolute Gasteiger partial charge is 0.313 e. The molecule has 1 unspecified atom stereocenters. The molecule has 96 valence electrons. The predicted octanol–water partition coefficient (Wildman–Crippen LogP) is 1.18. The maximum Gasteiger partial charge on any atom is 0.0596 e. The molecule has 2 heterocycles. The first kappa shape index (κ1) is 12.6. The number of aromatic nitrogens is 2. The molecule has 4 nitrogen and oxygen atoms in total. The van der Waals surface area contributed by atoms with Gasteiger partial charge in [-0.2, -0.15) is 5.10 Å². The minimum atomic E-state index is 0.695. The van der Waals surface area contributed by atoms with Crippen molar-refractivity contribution in [1.82, 2.24) is 20.0 Å². The Kier molecular flexibility index (Phi) is 4.18. The summed E-state index contributed by atoms with van der Waals surface area (Å²) in [5, 5.41) is 8.10. The van der Waals surface area contributed by atoms with Crippen LogP contribution in [0, 0.1) is 13.8 Å². The smallest absolute Gasteiger partial charge is 0.0596 e. The summed E-state index contributed by atoms with van der Waals surface area (Å²) >= 11 is 0. The van der Waals surface area contributed by atoms with E-state index in [1.807, 2.05) is 0 Å². The van der Waals surface area contributed by atoms with Crippen LogP contribution >= 0.6 is 0 Å². The van der Waals surface area contributed by atoms with E-state index in [0.29, 0.717) is 6.04 Å². The third kappa shape index (κ3) is 3.54. The van der Waals surface area contributed by atoms with Crippen LogP contribution in [-0.4, -0.2) is 47.4 Å². The number of hydrogen-bond donors (Lipinski definition) is 1. The van der Waals surface area contributed by atoms with E-state index in [9.17, 15) is 0 Å². The maximum absolute atomic E-state index is 4.47. The van der Waals surface area contributed by atoms with Crippen LogP contribution in [0.5, 0.6) is 0 Å².